The molecule has 0 aliphatic heterocycles. The van der Waals surface area contributed by atoms with E-state index in [0.29, 0.717) is 19.0 Å². The van der Waals surface area contributed by atoms with Crippen LogP contribution in [0.3, 0.4) is 0 Å². The minimum Gasteiger partial charge on any atom is -0.353 e. The van der Waals surface area contributed by atoms with Crippen LogP contribution in [-0.4, -0.2) is 23.1 Å². The molecule has 4 nitrogen and oxygen atoms in total. The number of hydrogen-bond donors (Lipinski definition) is 2. The second-order valence-electron chi connectivity index (χ2n) is 4.73. The van der Waals surface area contributed by atoms with E-state index in [0.717, 1.165) is 17.0 Å². The number of nitrogens with one attached hydrogen (secondary N) is 1. The van der Waals surface area contributed by atoms with Crippen molar-refractivity contribution < 1.29 is 0 Å². The molecule has 0 aliphatic carbocycles. The third-order valence-corrected chi connectivity index (χ3v) is 3.08. The van der Waals surface area contributed by atoms with Crippen LogP contribution in [0.2, 0.25) is 0 Å². The SMILES string of the molecule is Cc1cc(-c2ccc(C)c(C)c2)nc(NCCN)n1. The number of hydrogen-bond acceptors (Lipinski definition) is 4. The van der Waals surface area contributed by atoms with E-state index in [2.05, 4.69) is 47.3 Å². The van der Waals surface area contributed by atoms with Gasteiger partial charge < -0.3 is 11.1 Å². The van der Waals surface area contributed by atoms with E-state index in [1.807, 2.05) is 13.0 Å². The Hall–Kier alpha value is -1.94. The van der Waals surface area contributed by atoms with Gasteiger partial charge in [-0.25, -0.2) is 9.97 Å². The van der Waals surface area contributed by atoms with Crippen LogP contribution in [0.15, 0.2) is 24.3 Å². The quantitative estimate of drug-likeness (QED) is 0.882. The van der Waals surface area contributed by atoms with Crippen molar-refractivity contribution in [2.75, 3.05) is 18.4 Å². The minimum absolute atomic E-state index is 0.566. The van der Waals surface area contributed by atoms with Gasteiger partial charge in [-0.3, -0.25) is 0 Å². The molecule has 0 radical (unpaired) electrons. The molecule has 2 rings (SSSR count). The lowest BCUT2D eigenvalue weighted by atomic mass is 10.0. The molecule has 1 aromatic heterocycles. The van der Waals surface area contributed by atoms with Crippen LogP contribution < -0.4 is 11.1 Å². The molecule has 0 atom stereocenters. The molecular weight excluding hydrogens is 236 g/mol. The number of aromatic nitrogens is 2. The van der Waals surface area contributed by atoms with Crippen LogP contribution >= 0.6 is 0 Å². The van der Waals surface area contributed by atoms with Gasteiger partial charge >= 0.3 is 0 Å². The standard InChI is InChI=1S/C15H20N4/c1-10-4-5-13(8-11(10)2)14-9-12(3)18-15(19-14)17-7-6-16/h4-5,8-9H,6-7,16H2,1-3H3,(H,17,18,19). The molecule has 1 heterocycles. The van der Waals surface area contributed by atoms with Crippen molar-refractivity contribution in [3.8, 4) is 11.3 Å². The molecule has 2 aromatic rings. The van der Waals surface area contributed by atoms with E-state index in [1.165, 1.54) is 11.1 Å². The first-order valence-electron chi connectivity index (χ1n) is 6.47. The highest BCUT2D eigenvalue weighted by Crippen LogP contribution is 2.21. The van der Waals surface area contributed by atoms with Gasteiger partial charge in [-0.2, -0.15) is 0 Å². The van der Waals surface area contributed by atoms with E-state index < -0.39 is 0 Å². The van der Waals surface area contributed by atoms with E-state index in [4.69, 9.17) is 5.73 Å². The van der Waals surface area contributed by atoms with Crippen molar-refractivity contribution in [3.05, 3.63) is 41.1 Å². The predicted octanol–water partition coefficient (Wildman–Crippen LogP) is 2.44. The molecule has 0 unspecified atom stereocenters. The van der Waals surface area contributed by atoms with Gasteiger partial charge in [-0.05, 0) is 44.0 Å². The highest BCUT2D eigenvalue weighted by atomic mass is 15.1. The molecule has 0 amide bonds. The maximum absolute atomic E-state index is 5.48. The summed E-state index contributed by atoms with van der Waals surface area (Å²) < 4.78 is 0. The zero-order valence-corrected chi connectivity index (χ0v) is 11.7. The van der Waals surface area contributed by atoms with Gasteiger partial charge in [0, 0.05) is 24.3 Å². The Morgan fingerprint density at radius 2 is 1.84 bits per heavy atom. The number of anilines is 1. The molecule has 0 saturated heterocycles. The summed E-state index contributed by atoms with van der Waals surface area (Å²) in [5, 5.41) is 3.12. The molecule has 0 aliphatic rings. The van der Waals surface area contributed by atoms with Crippen LogP contribution in [0, 0.1) is 20.8 Å². The first kappa shape index (κ1) is 13.5. The van der Waals surface area contributed by atoms with E-state index in [1.54, 1.807) is 0 Å². The van der Waals surface area contributed by atoms with Crippen molar-refractivity contribution >= 4 is 5.95 Å². The molecular formula is C15H20N4. The number of rotatable bonds is 4. The number of nitrogens with two attached hydrogens (primary N) is 1. The molecule has 19 heavy (non-hydrogen) atoms. The van der Waals surface area contributed by atoms with Crippen molar-refractivity contribution in [3.63, 3.8) is 0 Å². The van der Waals surface area contributed by atoms with E-state index >= 15 is 0 Å². The second-order valence-corrected chi connectivity index (χ2v) is 4.73. The zero-order valence-electron chi connectivity index (χ0n) is 11.7. The van der Waals surface area contributed by atoms with Gasteiger partial charge in [0.05, 0.1) is 5.69 Å². The van der Waals surface area contributed by atoms with Crippen molar-refractivity contribution in [2.45, 2.75) is 20.8 Å². The van der Waals surface area contributed by atoms with Gasteiger partial charge in [0.15, 0.2) is 0 Å². The monoisotopic (exact) mass is 256 g/mol. The highest BCUT2D eigenvalue weighted by molar-refractivity contribution is 5.62. The maximum atomic E-state index is 5.48. The predicted molar refractivity (Wildman–Crippen MR) is 79.2 cm³/mol. The molecule has 0 spiro atoms. The van der Waals surface area contributed by atoms with Gasteiger partial charge in [0.25, 0.3) is 0 Å². The summed E-state index contributed by atoms with van der Waals surface area (Å²) in [6, 6.07) is 8.37. The Kier molecular flexibility index (Phi) is 4.12. The molecule has 4 heteroatoms. The molecule has 1 aromatic carbocycles. The van der Waals surface area contributed by atoms with Gasteiger partial charge in [-0.15, -0.1) is 0 Å². The molecule has 0 fully saturated rings. The average Bonchev–Trinajstić information content (AvgIpc) is 2.39. The van der Waals surface area contributed by atoms with Crippen molar-refractivity contribution in [1.29, 1.82) is 0 Å². The first-order valence-corrected chi connectivity index (χ1v) is 6.47. The van der Waals surface area contributed by atoms with Gasteiger partial charge in [-0.1, -0.05) is 12.1 Å². The Labute approximate surface area is 114 Å². The average molecular weight is 256 g/mol. The summed E-state index contributed by atoms with van der Waals surface area (Å²) in [5.41, 5.74) is 11.0. The molecule has 0 saturated carbocycles. The number of benzene rings is 1. The lowest BCUT2D eigenvalue weighted by molar-refractivity contribution is 0.981. The van der Waals surface area contributed by atoms with Crippen LogP contribution in [0.25, 0.3) is 11.3 Å². The molecule has 0 bridgehead atoms. The summed E-state index contributed by atoms with van der Waals surface area (Å²) >= 11 is 0. The fraction of sp³-hybridized carbons (Fsp3) is 0.333. The normalized spacial score (nSPS) is 10.5. The summed E-state index contributed by atoms with van der Waals surface area (Å²) in [6.07, 6.45) is 0. The number of aryl methyl sites for hydroxylation is 3. The lowest BCUT2D eigenvalue weighted by Crippen LogP contribution is -2.15. The summed E-state index contributed by atoms with van der Waals surface area (Å²) in [5.74, 6) is 0.638. The Morgan fingerprint density at radius 3 is 2.53 bits per heavy atom. The third kappa shape index (κ3) is 3.29. The van der Waals surface area contributed by atoms with E-state index in [9.17, 15) is 0 Å². The Morgan fingerprint density at radius 1 is 1.05 bits per heavy atom. The van der Waals surface area contributed by atoms with Crippen LogP contribution in [0.1, 0.15) is 16.8 Å². The summed E-state index contributed by atoms with van der Waals surface area (Å²) in [4.78, 5) is 8.89. The topological polar surface area (TPSA) is 63.8 Å². The van der Waals surface area contributed by atoms with Gasteiger partial charge in [0.2, 0.25) is 5.95 Å². The summed E-state index contributed by atoms with van der Waals surface area (Å²) in [7, 11) is 0. The molecule has 3 N–H and O–H groups in total. The smallest absolute Gasteiger partial charge is 0.223 e. The zero-order chi connectivity index (χ0) is 13.8. The maximum Gasteiger partial charge on any atom is 0.223 e. The highest BCUT2D eigenvalue weighted by Gasteiger charge is 2.05. The van der Waals surface area contributed by atoms with Crippen LogP contribution in [0.5, 0.6) is 0 Å². The Balaban J connectivity index is 2.37. The van der Waals surface area contributed by atoms with Crippen molar-refractivity contribution in [1.82, 2.24) is 9.97 Å². The first-order chi connectivity index (χ1) is 9.10. The second kappa shape index (κ2) is 5.80. The lowest BCUT2D eigenvalue weighted by Gasteiger charge is -2.09. The fourth-order valence-corrected chi connectivity index (χ4v) is 1.88. The fourth-order valence-electron chi connectivity index (χ4n) is 1.88. The van der Waals surface area contributed by atoms with Crippen molar-refractivity contribution in [2.24, 2.45) is 5.73 Å². The number of nitrogens with zero attached hydrogens (tertiary/aromatic N) is 2. The Bertz CT molecular complexity index is 578. The van der Waals surface area contributed by atoms with Crippen LogP contribution in [0.4, 0.5) is 5.95 Å². The largest absolute Gasteiger partial charge is 0.353 e. The third-order valence-electron chi connectivity index (χ3n) is 3.08. The van der Waals surface area contributed by atoms with Gasteiger partial charge in [0.1, 0.15) is 0 Å². The van der Waals surface area contributed by atoms with Crippen LogP contribution in [-0.2, 0) is 0 Å². The van der Waals surface area contributed by atoms with E-state index in [-0.39, 0.29) is 0 Å². The summed E-state index contributed by atoms with van der Waals surface area (Å²) in [6.45, 7) is 7.44. The minimum atomic E-state index is 0.566. The molecule has 100 valence electrons.